The number of nitrogens with zero attached hydrogens (tertiary/aromatic N) is 1. The molecule has 0 bridgehead atoms. The van der Waals surface area contributed by atoms with Crippen molar-refractivity contribution in [3.05, 3.63) is 54.1 Å². The quantitative estimate of drug-likeness (QED) is 0.894. The second kappa shape index (κ2) is 5.00. The molecule has 0 fully saturated rings. The van der Waals surface area contributed by atoms with Crippen molar-refractivity contribution in [3.63, 3.8) is 0 Å². The number of anilines is 3. The van der Waals surface area contributed by atoms with Crippen molar-refractivity contribution in [1.82, 2.24) is 0 Å². The highest BCUT2D eigenvalue weighted by Gasteiger charge is 2.22. The molecule has 102 valence electrons. The summed E-state index contributed by atoms with van der Waals surface area (Å²) < 4.78 is 0. The van der Waals surface area contributed by atoms with Crippen LogP contribution in [-0.4, -0.2) is 12.5 Å². The fourth-order valence-corrected chi connectivity index (χ4v) is 2.50. The number of hydrogen-bond donors (Lipinski definition) is 1. The molecule has 2 aromatic rings. The van der Waals surface area contributed by atoms with E-state index in [1.807, 2.05) is 24.3 Å². The fourth-order valence-electron chi connectivity index (χ4n) is 2.50. The van der Waals surface area contributed by atoms with Gasteiger partial charge in [-0.1, -0.05) is 38.1 Å². The Balaban J connectivity index is 1.99. The SMILES string of the molecule is CC(C)c1ccc(N2CC(=O)Nc3ccccc32)cc1. The maximum atomic E-state index is 11.8. The Morgan fingerprint density at radius 2 is 1.75 bits per heavy atom. The first-order chi connectivity index (χ1) is 9.65. The van der Waals surface area contributed by atoms with Crippen molar-refractivity contribution in [1.29, 1.82) is 0 Å². The molecule has 0 saturated heterocycles. The predicted octanol–water partition coefficient (Wildman–Crippen LogP) is 3.90. The van der Waals surface area contributed by atoms with E-state index < -0.39 is 0 Å². The monoisotopic (exact) mass is 266 g/mol. The molecule has 0 aliphatic carbocycles. The van der Waals surface area contributed by atoms with E-state index in [1.165, 1.54) is 5.56 Å². The summed E-state index contributed by atoms with van der Waals surface area (Å²) in [5, 5.41) is 2.91. The third-order valence-corrected chi connectivity index (χ3v) is 3.64. The minimum atomic E-state index is 0.0247. The number of carbonyl (C=O) groups excluding carboxylic acids is 1. The first kappa shape index (κ1) is 12.7. The topological polar surface area (TPSA) is 32.3 Å². The van der Waals surface area contributed by atoms with Gasteiger partial charge in [-0.3, -0.25) is 4.79 Å². The van der Waals surface area contributed by atoms with Crippen LogP contribution in [0.4, 0.5) is 17.1 Å². The van der Waals surface area contributed by atoms with Gasteiger partial charge >= 0.3 is 0 Å². The van der Waals surface area contributed by atoms with Gasteiger partial charge in [-0.15, -0.1) is 0 Å². The molecule has 0 radical (unpaired) electrons. The van der Waals surface area contributed by atoms with Crippen molar-refractivity contribution in [2.75, 3.05) is 16.8 Å². The van der Waals surface area contributed by atoms with E-state index >= 15 is 0 Å². The van der Waals surface area contributed by atoms with E-state index in [4.69, 9.17) is 0 Å². The van der Waals surface area contributed by atoms with E-state index in [1.54, 1.807) is 0 Å². The van der Waals surface area contributed by atoms with E-state index in [0.29, 0.717) is 12.5 Å². The zero-order valence-electron chi connectivity index (χ0n) is 11.8. The van der Waals surface area contributed by atoms with Gasteiger partial charge in [0.1, 0.15) is 6.54 Å². The van der Waals surface area contributed by atoms with Gasteiger partial charge in [0, 0.05) is 5.69 Å². The van der Waals surface area contributed by atoms with Gasteiger partial charge < -0.3 is 10.2 Å². The molecule has 0 atom stereocenters. The zero-order valence-corrected chi connectivity index (χ0v) is 11.8. The Bertz CT molecular complexity index is 632. The Labute approximate surface area is 119 Å². The second-order valence-corrected chi connectivity index (χ2v) is 5.40. The highest BCUT2D eigenvalue weighted by Crippen LogP contribution is 2.35. The van der Waals surface area contributed by atoms with Gasteiger partial charge in [-0.2, -0.15) is 0 Å². The van der Waals surface area contributed by atoms with E-state index in [-0.39, 0.29) is 5.91 Å². The molecule has 1 aliphatic rings. The summed E-state index contributed by atoms with van der Waals surface area (Å²) in [6, 6.07) is 16.3. The highest BCUT2D eigenvalue weighted by molar-refractivity contribution is 6.03. The van der Waals surface area contributed by atoms with Crippen molar-refractivity contribution in [2.24, 2.45) is 0 Å². The number of para-hydroxylation sites is 2. The molecular weight excluding hydrogens is 248 g/mol. The molecule has 1 amide bonds. The molecule has 1 aliphatic heterocycles. The molecule has 1 heterocycles. The lowest BCUT2D eigenvalue weighted by Crippen LogP contribution is -2.34. The van der Waals surface area contributed by atoms with Crippen LogP contribution in [0.3, 0.4) is 0 Å². The van der Waals surface area contributed by atoms with Crippen molar-refractivity contribution < 1.29 is 4.79 Å². The maximum Gasteiger partial charge on any atom is 0.244 e. The summed E-state index contributed by atoms with van der Waals surface area (Å²) in [4.78, 5) is 13.9. The van der Waals surface area contributed by atoms with E-state index in [2.05, 4.69) is 48.3 Å². The van der Waals surface area contributed by atoms with Gasteiger partial charge in [0.25, 0.3) is 0 Å². The summed E-state index contributed by atoms with van der Waals surface area (Å²) in [6.07, 6.45) is 0. The van der Waals surface area contributed by atoms with Gasteiger partial charge in [0.2, 0.25) is 5.91 Å². The highest BCUT2D eigenvalue weighted by atomic mass is 16.2. The fraction of sp³-hybridized carbons (Fsp3) is 0.235. The standard InChI is InChI=1S/C17H18N2O/c1-12(2)13-7-9-14(10-8-13)19-11-17(20)18-15-5-3-4-6-16(15)19/h3-10,12H,11H2,1-2H3,(H,18,20). The second-order valence-electron chi connectivity index (χ2n) is 5.40. The molecule has 3 heteroatoms. The molecule has 1 N–H and O–H groups in total. The molecule has 3 nitrogen and oxygen atoms in total. The Morgan fingerprint density at radius 3 is 2.45 bits per heavy atom. The maximum absolute atomic E-state index is 11.8. The third kappa shape index (κ3) is 2.27. The number of rotatable bonds is 2. The minimum absolute atomic E-state index is 0.0247. The molecule has 0 unspecified atom stereocenters. The van der Waals surface area contributed by atoms with Gasteiger partial charge in [0.05, 0.1) is 11.4 Å². The average Bonchev–Trinajstić information content (AvgIpc) is 2.46. The van der Waals surface area contributed by atoms with Crippen molar-refractivity contribution in [3.8, 4) is 0 Å². The number of benzene rings is 2. The van der Waals surface area contributed by atoms with Crippen LogP contribution in [0.1, 0.15) is 25.3 Å². The first-order valence-corrected chi connectivity index (χ1v) is 6.91. The van der Waals surface area contributed by atoms with Crippen LogP contribution in [-0.2, 0) is 4.79 Å². The largest absolute Gasteiger partial charge is 0.330 e. The summed E-state index contributed by atoms with van der Waals surface area (Å²) >= 11 is 0. The molecular formula is C17H18N2O. The van der Waals surface area contributed by atoms with Crippen LogP contribution in [0.5, 0.6) is 0 Å². The first-order valence-electron chi connectivity index (χ1n) is 6.91. The summed E-state index contributed by atoms with van der Waals surface area (Å²) in [5.41, 5.74) is 4.28. The molecule has 20 heavy (non-hydrogen) atoms. The molecule has 0 spiro atoms. The normalized spacial score (nSPS) is 14.2. The van der Waals surface area contributed by atoms with Gasteiger partial charge in [0.15, 0.2) is 0 Å². The number of hydrogen-bond acceptors (Lipinski definition) is 2. The summed E-state index contributed by atoms with van der Waals surface area (Å²) in [7, 11) is 0. The van der Waals surface area contributed by atoms with Gasteiger partial charge in [-0.05, 0) is 35.7 Å². The van der Waals surface area contributed by atoms with Gasteiger partial charge in [-0.25, -0.2) is 0 Å². The predicted molar refractivity (Wildman–Crippen MR) is 82.6 cm³/mol. The number of amides is 1. The smallest absolute Gasteiger partial charge is 0.244 e. The molecule has 2 aromatic carbocycles. The Kier molecular flexibility index (Phi) is 3.18. The zero-order chi connectivity index (χ0) is 14.1. The lowest BCUT2D eigenvalue weighted by Gasteiger charge is -2.31. The van der Waals surface area contributed by atoms with Crippen molar-refractivity contribution >= 4 is 23.0 Å². The van der Waals surface area contributed by atoms with Crippen LogP contribution >= 0.6 is 0 Å². The average molecular weight is 266 g/mol. The van der Waals surface area contributed by atoms with Crippen LogP contribution in [0.25, 0.3) is 0 Å². The minimum Gasteiger partial charge on any atom is -0.330 e. The van der Waals surface area contributed by atoms with E-state index in [0.717, 1.165) is 17.1 Å². The lowest BCUT2D eigenvalue weighted by molar-refractivity contribution is -0.115. The third-order valence-electron chi connectivity index (χ3n) is 3.64. The van der Waals surface area contributed by atoms with Crippen molar-refractivity contribution in [2.45, 2.75) is 19.8 Å². The molecule has 0 saturated carbocycles. The van der Waals surface area contributed by atoms with E-state index in [9.17, 15) is 4.79 Å². The Morgan fingerprint density at radius 1 is 1.05 bits per heavy atom. The number of fused-ring (bicyclic) bond motifs is 1. The summed E-state index contributed by atoms with van der Waals surface area (Å²) in [6.45, 7) is 4.72. The number of carbonyl (C=O) groups is 1. The lowest BCUT2D eigenvalue weighted by atomic mass is 10.0. The summed E-state index contributed by atoms with van der Waals surface area (Å²) in [5.74, 6) is 0.539. The van der Waals surface area contributed by atoms with Crippen LogP contribution in [0, 0.1) is 0 Å². The molecule has 3 rings (SSSR count). The number of nitrogens with one attached hydrogen (secondary N) is 1. The van der Waals surface area contributed by atoms with Crippen LogP contribution in [0.15, 0.2) is 48.5 Å². The van der Waals surface area contributed by atoms with Crippen LogP contribution < -0.4 is 10.2 Å². The Hall–Kier alpha value is -2.29. The molecule has 0 aromatic heterocycles. The van der Waals surface area contributed by atoms with Crippen LogP contribution in [0.2, 0.25) is 0 Å².